The average molecular weight is 318 g/mol. The number of aliphatic hydroxyl groups excluding tert-OH is 1. The van der Waals surface area contributed by atoms with E-state index in [-0.39, 0.29) is 18.6 Å². The highest BCUT2D eigenvalue weighted by molar-refractivity contribution is 7.21. The molecule has 0 saturated carbocycles. The van der Waals surface area contributed by atoms with Crippen molar-refractivity contribution in [3.8, 4) is 0 Å². The molecule has 0 radical (unpaired) electrons. The van der Waals surface area contributed by atoms with Crippen LogP contribution in [0.4, 0.5) is 0 Å². The first-order valence-electron chi connectivity index (χ1n) is 5.82. The van der Waals surface area contributed by atoms with E-state index in [0.717, 1.165) is 10.1 Å². The van der Waals surface area contributed by atoms with Crippen LogP contribution in [-0.4, -0.2) is 23.7 Å². The van der Waals surface area contributed by atoms with Gasteiger partial charge in [-0.3, -0.25) is 4.79 Å². The molecule has 1 aromatic heterocycles. The summed E-state index contributed by atoms with van der Waals surface area (Å²) in [6.45, 7) is 1.88. The largest absolute Gasteiger partial charge is 0.396 e. The predicted octanol–water partition coefficient (Wildman–Crippen LogP) is 3.71. The minimum Gasteiger partial charge on any atom is -0.396 e. The van der Waals surface area contributed by atoms with Gasteiger partial charge in [0.15, 0.2) is 0 Å². The molecule has 3 nitrogen and oxygen atoms in total. The second-order valence-corrected chi connectivity index (χ2v) is 6.14. The third kappa shape index (κ3) is 3.20. The molecule has 2 N–H and O–H groups in total. The molecule has 0 fully saturated rings. The number of carbonyl (C=O) groups is 1. The van der Waals surface area contributed by atoms with E-state index in [2.05, 4.69) is 5.32 Å². The first-order valence-corrected chi connectivity index (χ1v) is 7.39. The van der Waals surface area contributed by atoms with Crippen LogP contribution in [0.25, 0.3) is 10.1 Å². The molecule has 2 aromatic rings. The Bertz CT molecular complexity index is 612. The first-order chi connectivity index (χ1) is 9.02. The molecule has 2 rings (SSSR count). The summed E-state index contributed by atoms with van der Waals surface area (Å²) in [6.07, 6.45) is 0.514. The zero-order valence-corrected chi connectivity index (χ0v) is 12.6. The molecule has 1 unspecified atom stereocenters. The highest BCUT2D eigenvalue weighted by Gasteiger charge is 2.18. The van der Waals surface area contributed by atoms with Gasteiger partial charge in [-0.25, -0.2) is 0 Å². The van der Waals surface area contributed by atoms with Crippen molar-refractivity contribution in [2.24, 2.45) is 0 Å². The molecule has 1 heterocycles. The summed E-state index contributed by atoms with van der Waals surface area (Å²) >= 11 is 13.5. The maximum absolute atomic E-state index is 12.1. The summed E-state index contributed by atoms with van der Waals surface area (Å²) in [4.78, 5) is 12.6. The molecule has 0 aliphatic heterocycles. The number of thiophene rings is 1. The lowest BCUT2D eigenvalue weighted by atomic mass is 10.2. The lowest BCUT2D eigenvalue weighted by molar-refractivity contribution is 0.0938. The maximum atomic E-state index is 12.1. The van der Waals surface area contributed by atoms with E-state index in [1.807, 2.05) is 13.0 Å². The van der Waals surface area contributed by atoms with Gasteiger partial charge in [-0.05, 0) is 25.5 Å². The van der Waals surface area contributed by atoms with E-state index < -0.39 is 0 Å². The number of hydrogen-bond donors (Lipinski definition) is 2. The van der Waals surface area contributed by atoms with Gasteiger partial charge < -0.3 is 10.4 Å². The van der Waals surface area contributed by atoms with Gasteiger partial charge in [0.1, 0.15) is 4.88 Å². The third-order valence-electron chi connectivity index (χ3n) is 2.74. The van der Waals surface area contributed by atoms with Crippen molar-refractivity contribution in [2.45, 2.75) is 19.4 Å². The molecular weight excluding hydrogens is 305 g/mol. The van der Waals surface area contributed by atoms with Crippen LogP contribution in [0.1, 0.15) is 23.0 Å². The Kier molecular flexibility index (Phi) is 4.68. The zero-order chi connectivity index (χ0) is 14.0. The van der Waals surface area contributed by atoms with Gasteiger partial charge in [0, 0.05) is 27.8 Å². The summed E-state index contributed by atoms with van der Waals surface area (Å²) in [5.41, 5.74) is 0. The summed E-state index contributed by atoms with van der Waals surface area (Å²) in [5.74, 6) is -0.219. The number of benzene rings is 1. The number of rotatable bonds is 4. The molecule has 19 heavy (non-hydrogen) atoms. The van der Waals surface area contributed by atoms with Gasteiger partial charge >= 0.3 is 0 Å². The molecule has 0 aliphatic rings. The van der Waals surface area contributed by atoms with E-state index in [1.165, 1.54) is 11.3 Å². The molecule has 0 spiro atoms. The van der Waals surface area contributed by atoms with Crippen LogP contribution in [-0.2, 0) is 0 Å². The highest BCUT2D eigenvalue weighted by atomic mass is 35.5. The summed E-state index contributed by atoms with van der Waals surface area (Å²) < 4.78 is 0.887. The molecule has 0 bridgehead atoms. The van der Waals surface area contributed by atoms with Crippen molar-refractivity contribution in [3.05, 3.63) is 33.1 Å². The van der Waals surface area contributed by atoms with Crippen molar-refractivity contribution < 1.29 is 9.90 Å². The lowest BCUT2D eigenvalue weighted by Gasteiger charge is -2.11. The van der Waals surface area contributed by atoms with Gasteiger partial charge in [0.25, 0.3) is 5.91 Å². The van der Waals surface area contributed by atoms with Crippen molar-refractivity contribution >= 4 is 50.5 Å². The van der Waals surface area contributed by atoms with Crippen molar-refractivity contribution in [2.75, 3.05) is 6.61 Å². The van der Waals surface area contributed by atoms with Crippen LogP contribution in [0.5, 0.6) is 0 Å². The van der Waals surface area contributed by atoms with Gasteiger partial charge in [-0.1, -0.05) is 29.3 Å². The van der Waals surface area contributed by atoms with E-state index >= 15 is 0 Å². The molecular formula is C13H13Cl2NO2S. The van der Waals surface area contributed by atoms with Crippen LogP contribution in [0.2, 0.25) is 10.0 Å². The van der Waals surface area contributed by atoms with E-state index in [0.29, 0.717) is 21.3 Å². The van der Waals surface area contributed by atoms with Crippen LogP contribution in [0.3, 0.4) is 0 Å². The Morgan fingerprint density at radius 3 is 2.89 bits per heavy atom. The average Bonchev–Trinajstić information content (AvgIpc) is 2.66. The molecule has 1 aromatic carbocycles. The number of nitrogens with one attached hydrogen (secondary N) is 1. The Morgan fingerprint density at radius 1 is 1.47 bits per heavy atom. The van der Waals surface area contributed by atoms with E-state index in [1.54, 1.807) is 12.1 Å². The fraction of sp³-hybridized carbons (Fsp3) is 0.308. The third-order valence-corrected chi connectivity index (χ3v) is 4.63. The minimum atomic E-state index is -0.219. The van der Waals surface area contributed by atoms with E-state index in [9.17, 15) is 4.79 Å². The van der Waals surface area contributed by atoms with E-state index in [4.69, 9.17) is 28.3 Å². The normalized spacial score (nSPS) is 12.6. The van der Waals surface area contributed by atoms with Crippen molar-refractivity contribution in [1.82, 2.24) is 5.32 Å². The second-order valence-electron chi connectivity index (χ2n) is 4.27. The predicted molar refractivity (Wildman–Crippen MR) is 80.5 cm³/mol. The minimum absolute atomic E-state index is 0.0389. The van der Waals surface area contributed by atoms with Crippen LogP contribution < -0.4 is 5.32 Å². The highest BCUT2D eigenvalue weighted by Crippen LogP contribution is 2.36. The summed E-state index contributed by atoms with van der Waals surface area (Å²) in [7, 11) is 0. The summed E-state index contributed by atoms with van der Waals surface area (Å²) in [5, 5.41) is 13.5. The standard InChI is InChI=1S/C13H13Cl2NO2S/c1-7(4-5-17)16-13(18)12-11(15)9-3-2-8(14)6-10(9)19-12/h2-3,6-7,17H,4-5H2,1H3,(H,16,18). The molecule has 6 heteroatoms. The monoisotopic (exact) mass is 317 g/mol. The molecule has 0 aliphatic carbocycles. The topological polar surface area (TPSA) is 49.3 Å². The number of carbonyl (C=O) groups excluding carboxylic acids is 1. The fourth-order valence-electron chi connectivity index (χ4n) is 1.74. The number of halogens is 2. The number of aliphatic hydroxyl groups is 1. The van der Waals surface area contributed by atoms with Gasteiger partial charge in [-0.2, -0.15) is 0 Å². The smallest absolute Gasteiger partial charge is 0.263 e. The second kappa shape index (κ2) is 6.09. The van der Waals surface area contributed by atoms with Crippen LogP contribution >= 0.6 is 34.5 Å². The molecule has 1 amide bonds. The van der Waals surface area contributed by atoms with Gasteiger partial charge in [0.05, 0.1) is 5.02 Å². The Balaban J connectivity index is 2.29. The van der Waals surface area contributed by atoms with Gasteiger partial charge in [-0.15, -0.1) is 11.3 Å². The van der Waals surface area contributed by atoms with Crippen LogP contribution in [0, 0.1) is 0 Å². The zero-order valence-electron chi connectivity index (χ0n) is 10.2. The molecule has 1 atom stereocenters. The fourth-order valence-corrected chi connectivity index (χ4v) is 3.44. The lowest BCUT2D eigenvalue weighted by Crippen LogP contribution is -2.32. The number of fused-ring (bicyclic) bond motifs is 1. The SMILES string of the molecule is CC(CCO)NC(=O)c1sc2cc(Cl)ccc2c1Cl. The van der Waals surface area contributed by atoms with Gasteiger partial charge in [0.2, 0.25) is 0 Å². The summed E-state index contributed by atoms with van der Waals surface area (Å²) in [6, 6.07) is 5.26. The Labute approximate surface area is 125 Å². The maximum Gasteiger partial charge on any atom is 0.263 e. The number of hydrogen-bond acceptors (Lipinski definition) is 3. The van der Waals surface area contributed by atoms with Crippen LogP contribution in [0.15, 0.2) is 18.2 Å². The molecule has 102 valence electrons. The number of amides is 1. The van der Waals surface area contributed by atoms with Crippen molar-refractivity contribution in [3.63, 3.8) is 0 Å². The Morgan fingerprint density at radius 2 is 2.21 bits per heavy atom. The van der Waals surface area contributed by atoms with Crippen molar-refractivity contribution in [1.29, 1.82) is 0 Å². The Hall–Kier alpha value is -0.810. The quantitative estimate of drug-likeness (QED) is 0.903. The first kappa shape index (κ1) is 14.6. The molecule has 0 saturated heterocycles.